The second kappa shape index (κ2) is 4.16. The summed E-state index contributed by atoms with van der Waals surface area (Å²) in [6.45, 7) is 1.32. The first kappa shape index (κ1) is 9.75. The molecule has 0 aliphatic carbocycles. The van der Waals surface area contributed by atoms with Crippen LogP contribution >= 0.6 is 22.6 Å². The van der Waals surface area contributed by atoms with Gasteiger partial charge in [-0.1, -0.05) is 0 Å². The summed E-state index contributed by atoms with van der Waals surface area (Å²) >= 11 is 2.20. The van der Waals surface area contributed by atoms with Crippen molar-refractivity contribution < 1.29 is 9.53 Å². The second-order valence-corrected chi connectivity index (χ2v) is 4.37. The number of hydrogen-bond acceptors (Lipinski definition) is 3. The van der Waals surface area contributed by atoms with Gasteiger partial charge in [0.05, 0.1) is 16.3 Å². The molecule has 0 saturated carbocycles. The highest BCUT2D eigenvalue weighted by molar-refractivity contribution is 14.1. The Balaban J connectivity index is 1.93. The number of carbonyl (C=O) groups excluding carboxylic acids is 1. The molecule has 1 unspecified atom stereocenters. The monoisotopic (exact) mass is 307 g/mol. The second-order valence-electron chi connectivity index (χ2n) is 3.12. The van der Waals surface area contributed by atoms with Crippen molar-refractivity contribution in [3.8, 4) is 0 Å². The van der Waals surface area contributed by atoms with Crippen LogP contribution in [0.25, 0.3) is 0 Å². The summed E-state index contributed by atoms with van der Waals surface area (Å²) in [5.74, 6) is 0. The van der Waals surface area contributed by atoms with Gasteiger partial charge in [0.15, 0.2) is 0 Å². The predicted molar refractivity (Wildman–Crippen MR) is 57.8 cm³/mol. The molecule has 1 saturated heterocycles. The van der Waals surface area contributed by atoms with Crippen LogP contribution in [0.3, 0.4) is 0 Å². The van der Waals surface area contributed by atoms with Crippen molar-refractivity contribution >= 4 is 28.7 Å². The molecule has 0 bridgehead atoms. The van der Waals surface area contributed by atoms with Gasteiger partial charge in [-0.2, -0.15) is 5.10 Å². The normalized spacial score (nSPS) is 21.5. The van der Waals surface area contributed by atoms with Crippen LogP contribution in [0.15, 0.2) is 12.4 Å². The Morgan fingerprint density at radius 2 is 2.64 bits per heavy atom. The van der Waals surface area contributed by atoms with Gasteiger partial charge >= 0.3 is 6.09 Å². The standard InChI is InChI=1S/C8H10IN3O2/c9-6-3-11-12(4-6)5-7-1-2-10-8(13)14-7/h3-4,7H,1-2,5H2,(H,10,13). The van der Waals surface area contributed by atoms with E-state index in [4.69, 9.17) is 4.74 Å². The van der Waals surface area contributed by atoms with E-state index in [0.717, 1.165) is 9.99 Å². The molecule has 1 aliphatic heterocycles. The first-order chi connectivity index (χ1) is 6.74. The Kier molecular flexibility index (Phi) is 2.90. The van der Waals surface area contributed by atoms with Crippen molar-refractivity contribution in [3.05, 3.63) is 16.0 Å². The van der Waals surface area contributed by atoms with Gasteiger partial charge in [0.25, 0.3) is 0 Å². The minimum absolute atomic E-state index is 0.0561. The summed E-state index contributed by atoms with van der Waals surface area (Å²) in [6.07, 6.45) is 4.16. The van der Waals surface area contributed by atoms with Gasteiger partial charge < -0.3 is 10.1 Å². The minimum Gasteiger partial charge on any atom is -0.444 e. The van der Waals surface area contributed by atoms with Gasteiger partial charge in [-0.05, 0) is 22.6 Å². The molecular formula is C8H10IN3O2. The zero-order valence-corrected chi connectivity index (χ0v) is 9.60. The maximum Gasteiger partial charge on any atom is 0.407 e. The highest BCUT2D eigenvalue weighted by Gasteiger charge is 2.20. The number of cyclic esters (lactones) is 1. The summed E-state index contributed by atoms with van der Waals surface area (Å²) in [5.41, 5.74) is 0. The molecule has 6 heteroatoms. The van der Waals surface area contributed by atoms with Gasteiger partial charge in [-0.15, -0.1) is 0 Å². The Morgan fingerprint density at radius 1 is 1.79 bits per heavy atom. The van der Waals surface area contributed by atoms with E-state index < -0.39 is 0 Å². The maximum absolute atomic E-state index is 10.9. The molecule has 5 nitrogen and oxygen atoms in total. The molecule has 1 aromatic heterocycles. The number of nitrogens with zero attached hydrogens (tertiary/aromatic N) is 2. The summed E-state index contributed by atoms with van der Waals surface area (Å²) < 4.78 is 7.97. The summed E-state index contributed by atoms with van der Waals surface area (Å²) in [6, 6.07) is 0. The van der Waals surface area contributed by atoms with Gasteiger partial charge in [-0.3, -0.25) is 4.68 Å². The van der Waals surface area contributed by atoms with Gasteiger partial charge in [0.1, 0.15) is 6.10 Å². The lowest BCUT2D eigenvalue weighted by atomic mass is 10.2. The summed E-state index contributed by atoms with van der Waals surface area (Å²) in [7, 11) is 0. The summed E-state index contributed by atoms with van der Waals surface area (Å²) in [4.78, 5) is 10.9. The van der Waals surface area contributed by atoms with Crippen molar-refractivity contribution in [3.63, 3.8) is 0 Å². The fourth-order valence-electron chi connectivity index (χ4n) is 1.36. The number of halogens is 1. The molecule has 1 aromatic rings. The Labute approximate surface area is 94.9 Å². The topological polar surface area (TPSA) is 56.2 Å². The van der Waals surface area contributed by atoms with Crippen molar-refractivity contribution in [2.75, 3.05) is 6.54 Å². The molecule has 1 N–H and O–H groups in total. The first-order valence-electron chi connectivity index (χ1n) is 4.36. The number of nitrogens with one attached hydrogen (secondary N) is 1. The Bertz CT molecular complexity index is 339. The van der Waals surface area contributed by atoms with E-state index in [1.54, 1.807) is 10.9 Å². The number of amides is 1. The van der Waals surface area contributed by atoms with Crippen LogP contribution in [-0.4, -0.2) is 28.5 Å². The highest BCUT2D eigenvalue weighted by Crippen LogP contribution is 2.08. The molecule has 1 atom stereocenters. The third-order valence-electron chi connectivity index (χ3n) is 2.00. The quantitative estimate of drug-likeness (QED) is 0.829. The van der Waals surface area contributed by atoms with Crippen molar-refractivity contribution in [1.29, 1.82) is 0 Å². The molecule has 76 valence electrons. The van der Waals surface area contributed by atoms with E-state index in [1.165, 1.54) is 0 Å². The van der Waals surface area contributed by atoms with Crippen molar-refractivity contribution in [2.24, 2.45) is 0 Å². The van der Waals surface area contributed by atoms with E-state index in [1.807, 2.05) is 6.20 Å². The molecule has 0 radical (unpaired) electrons. The van der Waals surface area contributed by atoms with Crippen LogP contribution in [0.1, 0.15) is 6.42 Å². The summed E-state index contributed by atoms with van der Waals surface area (Å²) in [5, 5.41) is 6.74. The lowest BCUT2D eigenvalue weighted by Crippen LogP contribution is -2.39. The first-order valence-corrected chi connectivity index (χ1v) is 5.44. The number of ether oxygens (including phenoxy) is 1. The number of alkyl carbamates (subject to hydrolysis) is 1. The highest BCUT2D eigenvalue weighted by atomic mass is 127. The van der Waals surface area contributed by atoms with E-state index in [2.05, 4.69) is 33.0 Å². The predicted octanol–water partition coefficient (Wildman–Crippen LogP) is 0.986. The molecule has 0 spiro atoms. The largest absolute Gasteiger partial charge is 0.444 e. The molecular weight excluding hydrogens is 297 g/mol. The van der Waals surface area contributed by atoms with Gasteiger partial charge in [0.2, 0.25) is 0 Å². The number of aromatic nitrogens is 2. The molecule has 1 fully saturated rings. The molecule has 2 heterocycles. The van der Waals surface area contributed by atoms with Crippen LogP contribution in [0.4, 0.5) is 4.79 Å². The maximum atomic E-state index is 10.9. The molecule has 0 aromatic carbocycles. The lowest BCUT2D eigenvalue weighted by molar-refractivity contribution is 0.0623. The zero-order chi connectivity index (χ0) is 9.97. The Morgan fingerprint density at radius 3 is 3.29 bits per heavy atom. The third-order valence-corrected chi connectivity index (χ3v) is 2.56. The van der Waals surface area contributed by atoms with E-state index in [-0.39, 0.29) is 12.2 Å². The third kappa shape index (κ3) is 2.37. The van der Waals surface area contributed by atoms with E-state index in [9.17, 15) is 4.79 Å². The van der Waals surface area contributed by atoms with E-state index in [0.29, 0.717) is 13.1 Å². The van der Waals surface area contributed by atoms with Crippen LogP contribution in [0.5, 0.6) is 0 Å². The smallest absolute Gasteiger partial charge is 0.407 e. The number of rotatable bonds is 2. The zero-order valence-electron chi connectivity index (χ0n) is 7.44. The number of carbonyl (C=O) groups is 1. The van der Waals surface area contributed by atoms with Crippen LogP contribution in [0, 0.1) is 3.57 Å². The molecule has 14 heavy (non-hydrogen) atoms. The van der Waals surface area contributed by atoms with Crippen LogP contribution in [0.2, 0.25) is 0 Å². The fourth-order valence-corrected chi connectivity index (χ4v) is 1.81. The lowest BCUT2D eigenvalue weighted by Gasteiger charge is -2.22. The minimum atomic E-state index is -0.330. The van der Waals surface area contributed by atoms with Crippen molar-refractivity contribution in [1.82, 2.24) is 15.1 Å². The SMILES string of the molecule is O=C1NCCC(Cn2cc(I)cn2)O1. The number of hydrogen-bond donors (Lipinski definition) is 1. The van der Waals surface area contributed by atoms with Crippen LogP contribution in [-0.2, 0) is 11.3 Å². The molecule has 1 amide bonds. The molecule has 2 rings (SSSR count). The average molecular weight is 307 g/mol. The van der Waals surface area contributed by atoms with Gasteiger partial charge in [-0.25, -0.2) is 4.79 Å². The van der Waals surface area contributed by atoms with Crippen molar-refractivity contribution in [2.45, 2.75) is 19.1 Å². The van der Waals surface area contributed by atoms with Crippen LogP contribution < -0.4 is 5.32 Å². The Hall–Kier alpha value is -0.790. The average Bonchev–Trinajstić information content (AvgIpc) is 2.51. The van der Waals surface area contributed by atoms with E-state index >= 15 is 0 Å². The van der Waals surface area contributed by atoms with Gasteiger partial charge in [0, 0.05) is 19.2 Å². The fraction of sp³-hybridized carbons (Fsp3) is 0.500. The molecule has 1 aliphatic rings.